The molecule has 0 N–H and O–H groups in total. The predicted molar refractivity (Wildman–Crippen MR) is 103 cm³/mol. The third-order valence-electron chi connectivity index (χ3n) is 5.01. The lowest BCUT2D eigenvalue weighted by Gasteiger charge is -2.35. The van der Waals surface area contributed by atoms with E-state index in [1.165, 1.54) is 0 Å². The molecule has 4 heteroatoms. The molecule has 0 saturated carbocycles. The summed E-state index contributed by atoms with van der Waals surface area (Å²) in [6.45, 7) is 7.34. The summed E-state index contributed by atoms with van der Waals surface area (Å²) in [5.74, 6) is -0.116. The van der Waals surface area contributed by atoms with Crippen molar-refractivity contribution in [1.29, 1.82) is 0 Å². The summed E-state index contributed by atoms with van der Waals surface area (Å²) in [7, 11) is 0. The molecular formula is C22H27NO3. The summed E-state index contributed by atoms with van der Waals surface area (Å²) in [6, 6.07) is 14.2. The van der Waals surface area contributed by atoms with Gasteiger partial charge in [-0.3, -0.25) is 9.59 Å². The maximum Gasteiger partial charge on any atom is 0.309 e. The molecule has 1 fully saturated rings. The minimum absolute atomic E-state index is 0.117. The average Bonchev–Trinajstić information content (AvgIpc) is 2.65. The Hall–Kier alpha value is -2.36. The van der Waals surface area contributed by atoms with Crippen LogP contribution in [0.25, 0.3) is 10.8 Å². The molecule has 0 aromatic heterocycles. The number of benzene rings is 2. The fourth-order valence-electron chi connectivity index (χ4n) is 3.48. The first kappa shape index (κ1) is 18.4. The fraction of sp³-hybridized carbons (Fsp3) is 0.455. The quantitative estimate of drug-likeness (QED) is 0.778. The van der Waals surface area contributed by atoms with Gasteiger partial charge in [0.05, 0.1) is 5.92 Å². The van der Waals surface area contributed by atoms with E-state index in [1.54, 1.807) is 0 Å². The number of amides is 1. The molecular weight excluding hydrogens is 326 g/mol. The van der Waals surface area contributed by atoms with Crippen molar-refractivity contribution in [2.75, 3.05) is 13.1 Å². The molecule has 1 saturated heterocycles. The van der Waals surface area contributed by atoms with Crippen molar-refractivity contribution in [3.05, 3.63) is 48.0 Å². The number of hydrogen-bond acceptors (Lipinski definition) is 3. The van der Waals surface area contributed by atoms with Crippen LogP contribution in [0.15, 0.2) is 42.5 Å². The van der Waals surface area contributed by atoms with E-state index in [-0.39, 0.29) is 23.2 Å². The molecule has 1 aliphatic heterocycles. The van der Waals surface area contributed by atoms with Gasteiger partial charge in [0.2, 0.25) is 5.91 Å². The molecule has 3 rings (SSSR count). The lowest BCUT2D eigenvalue weighted by Crippen LogP contribution is -2.45. The SMILES string of the molecule is CC(C)(C)C(=O)N1CCC(C(=O)OCc2cccc3ccccc23)CC1. The molecule has 4 nitrogen and oxygen atoms in total. The van der Waals surface area contributed by atoms with Crippen LogP contribution >= 0.6 is 0 Å². The molecule has 1 amide bonds. The van der Waals surface area contributed by atoms with Crippen LogP contribution in [0.2, 0.25) is 0 Å². The molecule has 1 heterocycles. The van der Waals surface area contributed by atoms with E-state index in [4.69, 9.17) is 4.74 Å². The van der Waals surface area contributed by atoms with Crippen LogP contribution in [-0.4, -0.2) is 29.9 Å². The van der Waals surface area contributed by atoms with Gasteiger partial charge >= 0.3 is 5.97 Å². The number of rotatable bonds is 3. The third kappa shape index (κ3) is 4.06. The number of likely N-dealkylation sites (tertiary alicyclic amines) is 1. The first-order valence-corrected chi connectivity index (χ1v) is 9.29. The van der Waals surface area contributed by atoms with Gasteiger partial charge in [-0.25, -0.2) is 0 Å². The maximum atomic E-state index is 12.5. The topological polar surface area (TPSA) is 46.6 Å². The second-order valence-corrected chi connectivity index (χ2v) is 8.06. The molecule has 0 aliphatic carbocycles. The van der Waals surface area contributed by atoms with Crippen LogP contribution in [0.5, 0.6) is 0 Å². The Bertz CT molecular complexity index is 793. The summed E-state index contributed by atoms with van der Waals surface area (Å²) in [5, 5.41) is 2.27. The van der Waals surface area contributed by atoms with Crippen LogP contribution in [0.3, 0.4) is 0 Å². The number of piperidine rings is 1. The molecule has 138 valence electrons. The molecule has 1 aliphatic rings. The van der Waals surface area contributed by atoms with Gasteiger partial charge in [0.1, 0.15) is 6.61 Å². The minimum atomic E-state index is -0.373. The van der Waals surface area contributed by atoms with Crippen LogP contribution in [0, 0.1) is 11.3 Å². The summed E-state index contributed by atoms with van der Waals surface area (Å²) < 4.78 is 5.60. The van der Waals surface area contributed by atoms with Crippen LogP contribution < -0.4 is 0 Å². The van der Waals surface area contributed by atoms with E-state index in [9.17, 15) is 9.59 Å². The number of nitrogens with zero attached hydrogens (tertiary/aromatic N) is 1. The van der Waals surface area contributed by atoms with E-state index in [0.29, 0.717) is 32.5 Å². The summed E-state index contributed by atoms with van der Waals surface area (Å²) in [4.78, 5) is 26.7. The molecule has 2 aromatic carbocycles. The second-order valence-electron chi connectivity index (χ2n) is 8.06. The molecule has 0 atom stereocenters. The first-order valence-electron chi connectivity index (χ1n) is 9.29. The number of ether oxygens (including phenoxy) is 1. The number of carbonyl (C=O) groups is 2. The summed E-state index contributed by atoms with van der Waals surface area (Å²) in [6.07, 6.45) is 1.35. The van der Waals surface area contributed by atoms with Crippen molar-refractivity contribution in [2.24, 2.45) is 11.3 Å². The highest BCUT2D eigenvalue weighted by Gasteiger charge is 2.32. The zero-order valence-electron chi connectivity index (χ0n) is 15.8. The van der Waals surface area contributed by atoms with Gasteiger partial charge in [-0.15, -0.1) is 0 Å². The molecule has 0 bridgehead atoms. The summed E-state index contributed by atoms with van der Waals surface area (Å²) >= 11 is 0. The number of fused-ring (bicyclic) bond motifs is 1. The standard InChI is InChI=1S/C22H27NO3/c1-22(2,3)21(25)23-13-11-17(12-14-23)20(24)26-15-18-9-6-8-16-7-4-5-10-19(16)18/h4-10,17H,11-15H2,1-3H3. The Balaban J connectivity index is 1.56. The zero-order chi connectivity index (χ0) is 18.7. The van der Waals surface area contributed by atoms with Crippen molar-refractivity contribution < 1.29 is 14.3 Å². The highest BCUT2D eigenvalue weighted by Crippen LogP contribution is 2.25. The van der Waals surface area contributed by atoms with Crippen LogP contribution in [0.1, 0.15) is 39.2 Å². The molecule has 0 unspecified atom stereocenters. The Morgan fingerprint density at radius 3 is 2.38 bits per heavy atom. The fourth-order valence-corrected chi connectivity index (χ4v) is 3.48. The van der Waals surface area contributed by atoms with Gasteiger partial charge < -0.3 is 9.64 Å². The second kappa shape index (κ2) is 7.48. The smallest absolute Gasteiger partial charge is 0.309 e. The molecule has 2 aromatic rings. The highest BCUT2D eigenvalue weighted by molar-refractivity contribution is 5.86. The van der Waals surface area contributed by atoms with Crippen LogP contribution in [0.4, 0.5) is 0 Å². The number of carbonyl (C=O) groups excluding carboxylic acids is 2. The van der Waals surface area contributed by atoms with Crippen molar-refractivity contribution in [3.63, 3.8) is 0 Å². The van der Waals surface area contributed by atoms with Gasteiger partial charge in [0, 0.05) is 18.5 Å². The van der Waals surface area contributed by atoms with E-state index in [1.807, 2.05) is 49.9 Å². The van der Waals surface area contributed by atoms with Gasteiger partial charge in [0.25, 0.3) is 0 Å². The zero-order valence-corrected chi connectivity index (χ0v) is 15.8. The predicted octanol–water partition coefficient (Wildman–Crippen LogP) is 4.17. The summed E-state index contributed by atoms with van der Waals surface area (Å²) in [5.41, 5.74) is 0.652. The Morgan fingerprint density at radius 1 is 1.04 bits per heavy atom. The van der Waals surface area contributed by atoms with Gasteiger partial charge in [-0.2, -0.15) is 0 Å². The lowest BCUT2D eigenvalue weighted by atomic mass is 9.91. The van der Waals surface area contributed by atoms with E-state index in [0.717, 1.165) is 16.3 Å². The minimum Gasteiger partial charge on any atom is -0.461 e. The van der Waals surface area contributed by atoms with Crippen molar-refractivity contribution in [1.82, 2.24) is 4.90 Å². The van der Waals surface area contributed by atoms with Crippen molar-refractivity contribution >= 4 is 22.6 Å². The van der Waals surface area contributed by atoms with Gasteiger partial charge in [0.15, 0.2) is 0 Å². The van der Waals surface area contributed by atoms with Crippen LogP contribution in [-0.2, 0) is 20.9 Å². The Morgan fingerprint density at radius 2 is 1.69 bits per heavy atom. The van der Waals surface area contributed by atoms with Crippen molar-refractivity contribution in [3.8, 4) is 0 Å². The lowest BCUT2D eigenvalue weighted by molar-refractivity contribution is -0.154. The van der Waals surface area contributed by atoms with E-state index in [2.05, 4.69) is 18.2 Å². The van der Waals surface area contributed by atoms with E-state index < -0.39 is 0 Å². The van der Waals surface area contributed by atoms with E-state index >= 15 is 0 Å². The van der Waals surface area contributed by atoms with Gasteiger partial charge in [-0.05, 0) is 29.2 Å². The molecule has 0 spiro atoms. The molecule has 0 radical (unpaired) electrons. The molecule has 26 heavy (non-hydrogen) atoms. The Kier molecular flexibility index (Phi) is 5.30. The monoisotopic (exact) mass is 353 g/mol. The van der Waals surface area contributed by atoms with Crippen molar-refractivity contribution in [2.45, 2.75) is 40.2 Å². The number of esters is 1. The average molecular weight is 353 g/mol. The largest absolute Gasteiger partial charge is 0.461 e. The maximum absolute atomic E-state index is 12.5. The first-order chi connectivity index (χ1) is 12.4. The highest BCUT2D eigenvalue weighted by atomic mass is 16.5. The number of hydrogen-bond donors (Lipinski definition) is 0. The normalized spacial score (nSPS) is 15.9. The third-order valence-corrected chi connectivity index (χ3v) is 5.01. The Labute approximate surface area is 155 Å². The van der Waals surface area contributed by atoms with Gasteiger partial charge in [-0.1, -0.05) is 63.2 Å².